The Kier molecular flexibility index (Phi) is 3.16. The number of ether oxygens (including phenoxy) is 1. The summed E-state index contributed by atoms with van der Waals surface area (Å²) in [4.78, 5) is 10.8. The van der Waals surface area contributed by atoms with E-state index in [2.05, 4.69) is 26.1 Å². The normalized spacial score (nSPS) is 10.1. The van der Waals surface area contributed by atoms with Gasteiger partial charge >= 0.3 is 0 Å². The molecule has 82 valence electrons. The van der Waals surface area contributed by atoms with Crippen molar-refractivity contribution in [3.05, 3.63) is 33.7 Å². The highest BCUT2D eigenvalue weighted by Gasteiger charge is 2.05. The first kappa shape index (κ1) is 11.0. The molecule has 0 radical (unpaired) electrons. The van der Waals surface area contributed by atoms with E-state index < -0.39 is 5.91 Å². The molecule has 0 atom stereocenters. The number of carbonyl (C=O) groups excluding carboxylic acids is 1. The van der Waals surface area contributed by atoms with E-state index in [1.165, 1.54) is 11.3 Å². The number of carbonyl (C=O) groups is 1. The zero-order chi connectivity index (χ0) is 11.5. The summed E-state index contributed by atoms with van der Waals surface area (Å²) in [7, 11) is 0. The lowest BCUT2D eigenvalue weighted by Gasteiger charge is -2.00. The molecule has 5 nitrogen and oxygen atoms in total. The lowest BCUT2D eigenvalue weighted by Crippen LogP contribution is -2.10. The molecule has 0 fully saturated rings. The predicted molar refractivity (Wildman–Crippen MR) is 62.6 cm³/mol. The van der Waals surface area contributed by atoms with E-state index in [9.17, 15) is 4.79 Å². The molecule has 2 N–H and O–H groups in total. The van der Waals surface area contributed by atoms with Gasteiger partial charge in [0.15, 0.2) is 3.92 Å². The second-order valence-corrected chi connectivity index (χ2v) is 5.03. The Morgan fingerprint density at radius 2 is 2.00 bits per heavy atom. The van der Waals surface area contributed by atoms with Crippen LogP contribution < -0.4 is 10.5 Å². The van der Waals surface area contributed by atoms with Gasteiger partial charge in [-0.2, -0.15) is 0 Å². The van der Waals surface area contributed by atoms with Crippen LogP contribution in [0.5, 0.6) is 10.9 Å². The minimum atomic E-state index is -0.467. The molecule has 0 aliphatic carbocycles. The molecule has 2 rings (SSSR count). The van der Waals surface area contributed by atoms with Crippen molar-refractivity contribution < 1.29 is 9.53 Å². The molecule has 1 heterocycles. The standard InChI is InChI=1S/C9H6BrN3O2S/c10-8-12-13-9(16-8)15-6-3-1-5(2-4-6)7(11)14/h1-4H,(H2,11,14). The van der Waals surface area contributed by atoms with Crippen LogP contribution in [0.3, 0.4) is 0 Å². The zero-order valence-corrected chi connectivity index (χ0v) is 10.3. The molecular weight excluding hydrogens is 294 g/mol. The first-order valence-corrected chi connectivity index (χ1v) is 5.83. The summed E-state index contributed by atoms with van der Waals surface area (Å²) < 4.78 is 6.05. The number of amides is 1. The van der Waals surface area contributed by atoms with Gasteiger partial charge in [0, 0.05) is 5.56 Å². The summed E-state index contributed by atoms with van der Waals surface area (Å²) in [5.41, 5.74) is 5.55. The lowest BCUT2D eigenvalue weighted by molar-refractivity contribution is 0.100. The van der Waals surface area contributed by atoms with Gasteiger partial charge in [0.1, 0.15) is 5.75 Å². The average Bonchev–Trinajstić information content (AvgIpc) is 2.65. The van der Waals surface area contributed by atoms with Crippen LogP contribution in [-0.4, -0.2) is 16.1 Å². The van der Waals surface area contributed by atoms with Crippen molar-refractivity contribution in [3.8, 4) is 10.9 Å². The second-order valence-electron chi connectivity index (χ2n) is 2.81. The number of nitrogens with zero attached hydrogens (tertiary/aromatic N) is 2. The van der Waals surface area contributed by atoms with Gasteiger partial charge in [0.05, 0.1) is 0 Å². The van der Waals surface area contributed by atoms with Crippen molar-refractivity contribution in [1.29, 1.82) is 0 Å². The number of rotatable bonds is 3. The third-order valence-corrected chi connectivity index (χ3v) is 2.96. The van der Waals surface area contributed by atoms with E-state index in [0.29, 0.717) is 20.4 Å². The highest BCUT2D eigenvalue weighted by Crippen LogP contribution is 2.27. The summed E-state index contributed by atoms with van der Waals surface area (Å²) in [5, 5.41) is 7.95. The van der Waals surface area contributed by atoms with Crippen LogP contribution in [0.25, 0.3) is 0 Å². The van der Waals surface area contributed by atoms with Gasteiger partial charge in [-0.25, -0.2) is 0 Å². The monoisotopic (exact) mass is 299 g/mol. The first-order valence-electron chi connectivity index (χ1n) is 4.22. The van der Waals surface area contributed by atoms with Crippen molar-refractivity contribution in [2.24, 2.45) is 5.73 Å². The van der Waals surface area contributed by atoms with E-state index in [1.807, 2.05) is 0 Å². The van der Waals surface area contributed by atoms with Gasteiger partial charge in [0.25, 0.3) is 5.19 Å². The third-order valence-electron chi connectivity index (χ3n) is 1.73. The van der Waals surface area contributed by atoms with Crippen LogP contribution in [0.4, 0.5) is 0 Å². The predicted octanol–water partition coefficient (Wildman–Crippen LogP) is 2.19. The molecule has 7 heteroatoms. The maximum absolute atomic E-state index is 10.8. The largest absolute Gasteiger partial charge is 0.430 e. The summed E-state index contributed by atoms with van der Waals surface area (Å²) in [6, 6.07) is 6.48. The van der Waals surface area contributed by atoms with Gasteiger partial charge in [-0.3, -0.25) is 4.79 Å². The molecule has 0 saturated carbocycles. The Balaban J connectivity index is 2.14. The number of benzene rings is 1. The average molecular weight is 300 g/mol. The van der Waals surface area contributed by atoms with Crippen LogP contribution in [0, 0.1) is 0 Å². The molecule has 0 unspecified atom stereocenters. The highest BCUT2D eigenvalue weighted by molar-refractivity contribution is 9.11. The number of primary amides is 1. The number of hydrogen-bond acceptors (Lipinski definition) is 5. The summed E-state index contributed by atoms with van der Waals surface area (Å²) in [6.45, 7) is 0. The van der Waals surface area contributed by atoms with Crippen molar-refractivity contribution >= 4 is 33.2 Å². The molecule has 2 aromatic rings. The molecule has 1 amide bonds. The van der Waals surface area contributed by atoms with E-state index in [4.69, 9.17) is 10.5 Å². The van der Waals surface area contributed by atoms with E-state index in [1.54, 1.807) is 24.3 Å². The fourth-order valence-electron chi connectivity index (χ4n) is 1.02. The van der Waals surface area contributed by atoms with Crippen molar-refractivity contribution in [3.63, 3.8) is 0 Å². The summed E-state index contributed by atoms with van der Waals surface area (Å²) >= 11 is 4.45. The van der Waals surface area contributed by atoms with E-state index in [-0.39, 0.29) is 0 Å². The van der Waals surface area contributed by atoms with Gasteiger partial charge in [-0.05, 0) is 51.5 Å². The maximum atomic E-state index is 10.8. The molecule has 0 saturated heterocycles. The fourth-order valence-corrected chi connectivity index (χ4v) is 1.96. The Morgan fingerprint density at radius 3 is 2.50 bits per heavy atom. The number of hydrogen-bond donors (Lipinski definition) is 1. The Labute approximate surface area is 103 Å². The molecule has 16 heavy (non-hydrogen) atoms. The van der Waals surface area contributed by atoms with Gasteiger partial charge in [0.2, 0.25) is 5.91 Å². The highest BCUT2D eigenvalue weighted by atomic mass is 79.9. The Hall–Kier alpha value is -1.47. The quantitative estimate of drug-likeness (QED) is 0.942. The van der Waals surface area contributed by atoms with Crippen LogP contribution in [0.15, 0.2) is 28.2 Å². The fraction of sp³-hybridized carbons (Fsp3) is 0. The molecule has 1 aromatic carbocycles. The van der Waals surface area contributed by atoms with Gasteiger partial charge in [-0.1, -0.05) is 5.10 Å². The number of aromatic nitrogens is 2. The summed E-state index contributed by atoms with van der Waals surface area (Å²) in [6.07, 6.45) is 0. The number of halogens is 1. The number of nitrogens with two attached hydrogens (primary N) is 1. The Morgan fingerprint density at radius 1 is 1.31 bits per heavy atom. The minimum absolute atomic E-state index is 0.429. The lowest BCUT2D eigenvalue weighted by atomic mass is 10.2. The third kappa shape index (κ3) is 2.56. The topological polar surface area (TPSA) is 78.1 Å². The van der Waals surface area contributed by atoms with Crippen molar-refractivity contribution in [2.45, 2.75) is 0 Å². The minimum Gasteiger partial charge on any atom is -0.430 e. The molecule has 0 aliphatic heterocycles. The summed E-state index contributed by atoms with van der Waals surface area (Å²) in [5.74, 6) is 0.110. The van der Waals surface area contributed by atoms with Crippen molar-refractivity contribution in [1.82, 2.24) is 10.2 Å². The van der Waals surface area contributed by atoms with Gasteiger partial charge in [-0.15, -0.1) is 5.10 Å². The van der Waals surface area contributed by atoms with Crippen LogP contribution in [0.2, 0.25) is 0 Å². The molecule has 1 aromatic heterocycles. The van der Waals surface area contributed by atoms with E-state index in [0.717, 1.165) is 0 Å². The van der Waals surface area contributed by atoms with Gasteiger partial charge < -0.3 is 10.5 Å². The van der Waals surface area contributed by atoms with Crippen LogP contribution in [0.1, 0.15) is 10.4 Å². The van der Waals surface area contributed by atoms with Crippen LogP contribution in [-0.2, 0) is 0 Å². The molecule has 0 aliphatic rings. The molecule has 0 bridgehead atoms. The Bertz CT molecular complexity index is 512. The first-order chi connectivity index (χ1) is 7.65. The maximum Gasteiger partial charge on any atom is 0.300 e. The molecular formula is C9H6BrN3O2S. The smallest absolute Gasteiger partial charge is 0.300 e. The van der Waals surface area contributed by atoms with Crippen molar-refractivity contribution in [2.75, 3.05) is 0 Å². The SMILES string of the molecule is NC(=O)c1ccc(Oc2nnc(Br)s2)cc1. The molecule has 0 spiro atoms. The van der Waals surface area contributed by atoms with E-state index >= 15 is 0 Å². The second kappa shape index (κ2) is 4.58. The zero-order valence-electron chi connectivity index (χ0n) is 7.88. The van der Waals surface area contributed by atoms with Crippen LogP contribution >= 0.6 is 27.3 Å².